The van der Waals surface area contributed by atoms with Crippen LogP contribution in [0.3, 0.4) is 0 Å². The molecule has 0 saturated heterocycles. The van der Waals surface area contributed by atoms with Crippen LogP contribution in [0.2, 0.25) is 0 Å². The van der Waals surface area contributed by atoms with Gasteiger partial charge in [-0.25, -0.2) is 4.98 Å². The maximum atomic E-state index is 4.39. The van der Waals surface area contributed by atoms with Crippen LogP contribution in [-0.2, 0) is 13.5 Å². The van der Waals surface area contributed by atoms with Crippen molar-refractivity contribution in [2.75, 3.05) is 0 Å². The van der Waals surface area contributed by atoms with Crippen molar-refractivity contribution < 1.29 is 0 Å². The molecule has 3 unspecified atom stereocenters. The third kappa shape index (κ3) is 2.88. The lowest BCUT2D eigenvalue weighted by Crippen LogP contribution is -2.24. The zero-order valence-corrected chi connectivity index (χ0v) is 11.8. The molecule has 1 saturated carbocycles. The molecule has 0 amide bonds. The minimum Gasteiger partial charge on any atom is -0.338 e. The zero-order valence-electron chi connectivity index (χ0n) is 10.2. The summed E-state index contributed by atoms with van der Waals surface area (Å²) in [7, 11) is 2.08. The molecule has 3 atom stereocenters. The van der Waals surface area contributed by atoms with Gasteiger partial charge >= 0.3 is 0 Å². The Labute approximate surface area is 107 Å². The van der Waals surface area contributed by atoms with Gasteiger partial charge in [-0.15, -0.1) is 0 Å². The molecule has 1 fully saturated rings. The number of aromatic nitrogens is 2. The molecule has 3 heteroatoms. The molecular weight excluding hydrogens is 264 g/mol. The molecule has 0 spiro atoms. The van der Waals surface area contributed by atoms with Crippen LogP contribution in [0, 0.1) is 11.8 Å². The van der Waals surface area contributed by atoms with Crippen molar-refractivity contribution in [3.05, 3.63) is 18.2 Å². The van der Waals surface area contributed by atoms with Gasteiger partial charge in [-0.3, -0.25) is 0 Å². The third-order valence-electron chi connectivity index (χ3n) is 3.81. The van der Waals surface area contributed by atoms with Crippen molar-refractivity contribution in [1.29, 1.82) is 0 Å². The van der Waals surface area contributed by atoms with Crippen LogP contribution in [0.25, 0.3) is 0 Å². The predicted octanol–water partition coefficient (Wildman–Crippen LogP) is 3.55. The first-order valence-corrected chi connectivity index (χ1v) is 7.18. The van der Waals surface area contributed by atoms with E-state index < -0.39 is 0 Å². The van der Waals surface area contributed by atoms with Crippen molar-refractivity contribution in [1.82, 2.24) is 9.55 Å². The van der Waals surface area contributed by atoms with Crippen LogP contribution in [0.5, 0.6) is 0 Å². The smallest absolute Gasteiger partial charge is 0.108 e. The van der Waals surface area contributed by atoms with Crippen molar-refractivity contribution >= 4 is 15.9 Å². The van der Waals surface area contributed by atoms with E-state index in [0.717, 1.165) is 23.1 Å². The first kappa shape index (κ1) is 12.2. The second-order valence-corrected chi connectivity index (χ2v) is 6.36. The normalized spacial score (nSPS) is 30.6. The van der Waals surface area contributed by atoms with Gasteiger partial charge in [0.05, 0.1) is 0 Å². The Balaban J connectivity index is 1.87. The Morgan fingerprint density at radius 2 is 2.31 bits per heavy atom. The van der Waals surface area contributed by atoms with E-state index in [1.54, 1.807) is 0 Å². The highest BCUT2D eigenvalue weighted by atomic mass is 79.9. The van der Waals surface area contributed by atoms with E-state index in [2.05, 4.69) is 39.5 Å². The second-order valence-electron chi connectivity index (χ2n) is 5.19. The summed E-state index contributed by atoms with van der Waals surface area (Å²) in [6.07, 6.45) is 10.4. The molecule has 16 heavy (non-hydrogen) atoms. The van der Waals surface area contributed by atoms with Gasteiger partial charge in [-0.05, 0) is 37.5 Å². The summed E-state index contributed by atoms with van der Waals surface area (Å²) in [6, 6.07) is 0. The lowest BCUT2D eigenvalue weighted by Gasteiger charge is -2.31. The fourth-order valence-electron chi connectivity index (χ4n) is 2.71. The van der Waals surface area contributed by atoms with Gasteiger partial charge in [-0.1, -0.05) is 22.9 Å². The standard InChI is InChI=1S/C13H21BrN2/c1-10-3-5-12(14)11(9-10)4-6-13-15-7-8-16(13)2/h7-8,10-12H,3-6,9H2,1-2H3. The van der Waals surface area contributed by atoms with Gasteiger partial charge in [-0.2, -0.15) is 0 Å². The molecule has 90 valence electrons. The molecule has 0 N–H and O–H groups in total. The number of hydrogen-bond donors (Lipinski definition) is 0. The summed E-state index contributed by atoms with van der Waals surface area (Å²) >= 11 is 3.84. The molecule has 1 aliphatic rings. The van der Waals surface area contributed by atoms with Gasteiger partial charge in [0.2, 0.25) is 0 Å². The summed E-state index contributed by atoms with van der Waals surface area (Å²) in [5.41, 5.74) is 0. The number of halogens is 1. The van der Waals surface area contributed by atoms with Crippen LogP contribution in [0.15, 0.2) is 12.4 Å². The van der Waals surface area contributed by atoms with Gasteiger partial charge in [0.25, 0.3) is 0 Å². The summed E-state index contributed by atoms with van der Waals surface area (Å²) in [5, 5.41) is 0. The van der Waals surface area contributed by atoms with Crippen molar-refractivity contribution in [3.8, 4) is 0 Å². The van der Waals surface area contributed by atoms with E-state index in [-0.39, 0.29) is 0 Å². The van der Waals surface area contributed by atoms with Gasteiger partial charge in [0, 0.05) is 30.7 Å². The number of imidazole rings is 1. The van der Waals surface area contributed by atoms with E-state index in [1.807, 2.05) is 12.4 Å². The molecule has 2 rings (SSSR count). The topological polar surface area (TPSA) is 17.8 Å². The minimum atomic E-state index is 0.726. The Morgan fingerprint density at radius 3 is 3.00 bits per heavy atom. The first-order valence-electron chi connectivity index (χ1n) is 6.27. The van der Waals surface area contributed by atoms with E-state index >= 15 is 0 Å². The summed E-state index contributed by atoms with van der Waals surface area (Å²) in [6.45, 7) is 2.38. The lowest BCUT2D eigenvalue weighted by atomic mass is 9.80. The number of hydrogen-bond acceptors (Lipinski definition) is 1. The van der Waals surface area contributed by atoms with Gasteiger partial charge in [0.1, 0.15) is 5.82 Å². The second kappa shape index (κ2) is 5.35. The number of aryl methyl sites for hydroxylation is 2. The Kier molecular flexibility index (Phi) is 4.06. The maximum Gasteiger partial charge on any atom is 0.108 e. The lowest BCUT2D eigenvalue weighted by molar-refractivity contribution is 0.281. The Morgan fingerprint density at radius 1 is 1.50 bits per heavy atom. The minimum absolute atomic E-state index is 0.726. The highest BCUT2D eigenvalue weighted by Crippen LogP contribution is 2.35. The number of alkyl halides is 1. The van der Waals surface area contributed by atoms with E-state index in [0.29, 0.717) is 0 Å². The van der Waals surface area contributed by atoms with E-state index in [4.69, 9.17) is 0 Å². The van der Waals surface area contributed by atoms with Crippen LogP contribution in [-0.4, -0.2) is 14.4 Å². The molecule has 1 aromatic rings. The summed E-state index contributed by atoms with van der Waals surface area (Å²) in [5.74, 6) is 2.96. The van der Waals surface area contributed by atoms with Gasteiger partial charge in [0.15, 0.2) is 0 Å². The molecule has 0 aliphatic heterocycles. The highest BCUT2D eigenvalue weighted by Gasteiger charge is 2.26. The molecule has 0 bridgehead atoms. The highest BCUT2D eigenvalue weighted by molar-refractivity contribution is 9.09. The first-order chi connectivity index (χ1) is 7.66. The molecule has 1 aromatic heterocycles. The fraction of sp³-hybridized carbons (Fsp3) is 0.769. The van der Waals surface area contributed by atoms with Crippen molar-refractivity contribution in [3.63, 3.8) is 0 Å². The third-order valence-corrected chi connectivity index (χ3v) is 5.02. The number of rotatable bonds is 3. The summed E-state index contributed by atoms with van der Waals surface area (Å²) < 4.78 is 2.13. The zero-order chi connectivity index (χ0) is 11.5. The fourth-order valence-corrected chi connectivity index (χ4v) is 3.46. The average molecular weight is 285 g/mol. The molecule has 2 nitrogen and oxygen atoms in total. The Bertz CT molecular complexity index is 334. The molecule has 0 radical (unpaired) electrons. The molecule has 0 aromatic carbocycles. The predicted molar refractivity (Wildman–Crippen MR) is 70.7 cm³/mol. The molecule has 1 aliphatic carbocycles. The number of nitrogens with zero attached hydrogens (tertiary/aromatic N) is 2. The van der Waals surface area contributed by atoms with Crippen LogP contribution < -0.4 is 0 Å². The quantitative estimate of drug-likeness (QED) is 0.777. The molecule has 1 heterocycles. The maximum absolute atomic E-state index is 4.39. The van der Waals surface area contributed by atoms with Gasteiger partial charge < -0.3 is 4.57 Å². The van der Waals surface area contributed by atoms with Crippen molar-refractivity contribution in [2.24, 2.45) is 18.9 Å². The van der Waals surface area contributed by atoms with Crippen molar-refractivity contribution in [2.45, 2.75) is 43.9 Å². The largest absolute Gasteiger partial charge is 0.338 e. The van der Waals surface area contributed by atoms with E-state index in [9.17, 15) is 0 Å². The SMILES string of the molecule is CC1CCC(Br)C(CCc2nccn2C)C1. The monoisotopic (exact) mass is 284 g/mol. The molecular formula is C13H21BrN2. The van der Waals surface area contributed by atoms with Crippen LogP contribution in [0.1, 0.15) is 38.4 Å². The summed E-state index contributed by atoms with van der Waals surface area (Å²) in [4.78, 5) is 5.12. The average Bonchev–Trinajstić information content (AvgIpc) is 2.66. The Hall–Kier alpha value is -0.310. The van der Waals surface area contributed by atoms with Crippen LogP contribution >= 0.6 is 15.9 Å². The van der Waals surface area contributed by atoms with E-state index in [1.165, 1.54) is 31.5 Å². The van der Waals surface area contributed by atoms with Crippen LogP contribution in [0.4, 0.5) is 0 Å².